The van der Waals surface area contributed by atoms with Gasteiger partial charge in [0.05, 0.1) is 5.69 Å². The number of pyridine rings is 1. The van der Waals surface area contributed by atoms with Crippen molar-refractivity contribution in [2.75, 3.05) is 5.32 Å². The summed E-state index contributed by atoms with van der Waals surface area (Å²) < 4.78 is 5.14. The van der Waals surface area contributed by atoms with E-state index >= 15 is 0 Å². The standard InChI is InChI=1S/C14H15N3O2/c1-8-13(9(2)19-17-8)11-5-6-12(15-7-11)16-14(18)10-3-4-10/h5-7,10H,3-4H2,1-2H3,(H,15,16,18). The van der Waals surface area contributed by atoms with Crippen molar-refractivity contribution < 1.29 is 9.32 Å². The van der Waals surface area contributed by atoms with Crippen molar-refractivity contribution in [2.45, 2.75) is 26.7 Å². The van der Waals surface area contributed by atoms with E-state index in [0.29, 0.717) is 5.82 Å². The number of aromatic nitrogens is 2. The van der Waals surface area contributed by atoms with Crippen molar-refractivity contribution in [1.82, 2.24) is 10.1 Å². The summed E-state index contributed by atoms with van der Waals surface area (Å²) in [6.07, 6.45) is 3.71. The Morgan fingerprint density at radius 3 is 2.68 bits per heavy atom. The molecular weight excluding hydrogens is 242 g/mol. The van der Waals surface area contributed by atoms with E-state index in [4.69, 9.17) is 4.52 Å². The Labute approximate surface area is 111 Å². The third-order valence-corrected chi connectivity index (χ3v) is 3.28. The molecule has 1 saturated carbocycles. The van der Waals surface area contributed by atoms with Gasteiger partial charge in [-0.25, -0.2) is 4.98 Å². The van der Waals surface area contributed by atoms with Crippen LogP contribution in [0.25, 0.3) is 11.1 Å². The fourth-order valence-corrected chi connectivity index (χ4v) is 2.08. The Kier molecular flexibility index (Phi) is 2.81. The number of carbonyl (C=O) groups is 1. The Hall–Kier alpha value is -2.17. The van der Waals surface area contributed by atoms with Crippen molar-refractivity contribution in [2.24, 2.45) is 5.92 Å². The number of amides is 1. The first-order chi connectivity index (χ1) is 9.15. The maximum atomic E-state index is 11.6. The highest BCUT2D eigenvalue weighted by Gasteiger charge is 2.29. The predicted octanol–water partition coefficient (Wildman–Crippen LogP) is 2.70. The molecule has 2 heterocycles. The normalized spacial score (nSPS) is 14.4. The van der Waals surface area contributed by atoms with Crippen LogP contribution in [0.4, 0.5) is 5.82 Å². The van der Waals surface area contributed by atoms with E-state index in [1.807, 2.05) is 26.0 Å². The maximum Gasteiger partial charge on any atom is 0.228 e. The van der Waals surface area contributed by atoms with Gasteiger partial charge in [0, 0.05) is 23.2 Å². The molecule has 0 saturated heterocycles. The molecule has 1 aliphatic rings. The molecule has 0 atom stereocenters. The van der Waals surface area contributed by atoms with E-state index < -0.39 is 0 Å². The quantitative estimate of drug-likeness (QED) is 0.917. The summed E-state index contributed by atoms with van der Waals surface area (Å²) >= 11 is 0. The number of anilines is 1. The minimum Gasteiger partial charge on any atom is -0.361 e. The van der Waals surface area contributed by atoms with Gasteiger partial charge in [0.25, 0.3) is 0 Å². The summed E-state index contributed by atoms with van der Waals surface area (Å²) in [6, 6.07) is 3.73. The summed E-state index contributed by atoms with van der Waals surface area (Å²) in [5.74, 6) is 1.61. The Bertz CT molecular complexity index is 593. The zero-order valence-electron chi connectivity index (χ0n) is 10.9. The number of hydrogen-bond donors (Lipinski definition) is 1. The molecule has 1 aliphatic carbocycles. The molecular formula is C14H15N3O2. The number of hydrogen-bond acceptors (Lipinski definition) is 4. The summed E-state index contributed by atoms with van der Waals surface area (Å²) in [5, 5.41) is 6.74. The molecule has 2 aromatic rings. The third kappa shape index (κ3) is 2.36. The molecule has 0 spiro atoms. The van der Waals surface area contributed by atoms with Gasteiger partial charge in [0.15, 0.2) is 0 Å². The Morgan fingerprint density at radius 2 is 2.16 bits per heavy atom. The van der Waals surface area contributed by atoms with Crippen molar-refractivity contribution in [3.05, 3.63) is 29.8 Å². The highest BCUT2D eigenvalue weighted by atomic mass is 16.5. The van der Waals surface area contributed by atoms with Gasteiger partial charge in [-0.2, -0.15) is 0 Å². The molecule has 0 aromatic carbocycles. The second kappa shape index (κ2) is 4.50. The van der Waals surface area contributed by atoms with Crippen LogP contribution in [-0.4, -0.2) is 16.0 Å². The summed E-state index contributed by atoms with van der Waals surface area (Å²) in [4.78, 5) is 15.9. The lowest BCUT2D eigenvalue weighted by Gasteiger charge is -2.04. The fourth-order valence-electron chi connectivity index (χ4n) is 2.08. The number of nitrogens with one attached hydrogen (secondary N) is 1. The molecule has 0 radical (unpaired) electrons. The average molecular weight is 257 g/mol. The smallest absolute Gasteiger partial charge is 0.228 e. The molecule has 98 valence electrons. The highest BCUT2D eigenvalue weighted by molar-refractivity contribution is 5.93. The number of rotatable bonds is 3. The largest absolute Gasteiger partial charge is 0.361 e. The number of carbonyl (C=O) groups excluding carboxylic acids is 1. The van der Waals surface area contributed by atoms with Gasteiger partial charge >= 0.3 is 0 Å². The second-order valence-corrected chi connectivity index (χ2v) is 4.89. The highest BCUT2D eigenvalue weighted by Crippen LogP contribution is 2.30. The van der Waals surface area contributed by atoms with E-state index in [2.05, 4.69) is 15.5 Å². The first-order valence-corrected chi connectivity index (χ1v) is 6.35. The maximum absolute atomic E-state index is 11.6. The van der Waals surface area contributed by atoms with Crippen LogP contribution in [0.15, 0.2) is 22.9 Å². The van der Waals surface area contributed by atoms with Crippen LogP contribution >= 0.6 is 0 Å². The van der Waals surface area contributed by atoms with Gasteiger partial charge in [0.2, 0.25) is 5.91 Å². The molecule has 0 aliphatic heterocycles. The minimum atomic E-state index is 0.0672. The summed E-state index contributed by atoms with van der Waals surface area (Å²) in [6.45, 7) is 3.77. The van der Waals surface area contributed by atoms with Crippen LogP contribution in [-0.2, 0) is 4.79 Å². The molecule has 2 aromatic heterocycles. The van der Waals surface area contributed by atoms with Crippen LogP contribution < -0.4 is 5.32 Å². The zero-order valence-corrected chi connectivity index (χ0v) is 10.9. The van der Waals surface area contributed by atoms with E-state index in [-0.39, 0.29) is 11.8 Å². The Morgan fingerprint density at radius 1 is 1.37 bits per heavy atom. The molecule has 0 bridgehead atoms. The van der Waals surface area contributed by atoms with Gasteiger partial charge in [-0.1, -0.05) is 5.16 Å². The van der Waals surface area contributed by atoms with Crippen molar-refractivity contribution in [3.8, 4) is 11.1 Å². The van der Waals surface area contributed by atoms with Crippen LogP contribution in [0.2, 0.25) is 0 Å². The minimum absolute atomic E-state index is 0.0672. The molecule has 1 amide bonds. The monoisotopic (exact) mass is 257 g/mol. The lowest BCUT2D eigenvalue weighted by molar-refractivity contribution is -0.117. The van der Waals surface area contributed by atoms with Crippen LogP contribution in [0, 0.1) is 19.8 Å². The topological polar surface area (TPSA) is 68.0 Å². The number of nitrogens with zero attached hydrogens (tertiary/aromatic N) is 2. The first kappa shape index (κ1) is 11.9. The number of aryl methyl sites for hydroxylation is 2. The second-order valence-electron chi connectivity index (χ2n) is 4.89. The predicted molar refractivity (Wildman–Crippen MR) is 70.6 cm³/mol. The SMILES string of the molecule is Cc1noc(C)c1-c1ccc(NC(=O)C2CC2)nc1. The summed E-state index contributed by atoms with van der Waals surface area (Å²) in [7, 11) is 0. The zero-order chi connectivity index (χ0) is 13.4. The van der Waals surface area contributed by atoms with Crippen molar-refractivity contribution >= 4 is 11.7 Å². The molecule has 3 rings (SSSR count). The molecule has 19 heavy (non-hydrogen) atoms. The van der Waals surface area contributed by atoms with Gasteiger partial charge in [-0.3, -0.25) is 4.79 Å². The van der Waals surface area contributed by atoms with Crippen LogP contribution in [0.3, 0.4) is 0 Å². The first-order valence-electron chi connectivity index (χ1n) is 6.35. The van der Waals surface area contributed by atoms with Crippen molar-refractivity contribution in [1.29, 1.82) is 0 Å². The lowest BCUT2D eigenvalue weighted by atomic mass is 10.1. The third-order valence-electron chi connectivity index (χ3n) is 3.28. The fraction of sp³-hybridized carbons (Fsp3) is 0.357. The van der Waals surface area contributed by atoms with E-state index in [1.54, 1.807) is 6.20 Å². The van der Waals surface area contributed by atoms with E-state index in [1.165, 1.54) is 0 Å². The van der Waals surface area contributed by atoms with E-state index in [0.717, 1.165) is 35.4 Å². The molecule has 1 N–H and O–H groups in total. The van der Waals surface area contributed by atoms with E-state index in [9.17, 15) is 4.79 Å². The average Bonchev–Trinajstić information content (AvgIpc) is 3.18. The van der Waals surface area contributed by atoms with Gasteiger partial charge in [-0.15, -0.1) is 0 Å². The lowest BCUT2D eigenvalue weighted by Crippen LogP contribution is -2.14. The Balaban J connectivity index is 1.80. The summed E-state index contributed by atoms with van der Waals surface area (Å²) in [5.41, 5.74) is 2.75. The van der Waals surface area contributed by atoms with Crippen LogP contribution in [0.5, 0.6) is 0 Å². The van der Waals surface area contributed by atoms with Crippen molar-refractivity contribution in [3.63, 3.8) is 0 Å². The van der Waals surface area contributed by atoms with Gasteiger partial charge < -0.3 is 9.84 Å². The molecule has 1 fully saturated rings. The molecule has 0 unspecified atom stereocenters. The van der Waals surface area contributed by atoms with Gasteiger partial charge in [-0.05, 0) is 38.8 Å². The van der Waals surface area contributed by atoms with Gasteiger partial charge in [0.1, 0.15) is 11.6 Å². The molecule has 5 heteroatoms. The van der Waals surface area contributed by atoms with Crippen LogP contribution in [0.1, 0.15) is 24.3 Å². The molecule has 5 nitrogen and oxygen atoms in total.